The first-order valence-electron chi connectivity index (χ1n) is 30.0. The maximum absolute atomic E-state index is 2.60. The van der Waals surface area contributed by atoms with Crippen molar-refractivity contribution < 1.29 is 0 Å². The van der Waals surface area contributed by atoms with Crippen LogP contribution in [0.1, 0.15) is 103 Å². The summed E-state index contributed by atoms with van der Waals surface area (Å²) in [5, 5.41) is 34.8. The second-order valence-electron chi connectivity index (χ2n) is 27.0. The minimum Gasteiger partial charge on any atom is -0.0622 e. The molecule has 0 amide bonds. The second kappa shape index (κ2) is 16.4. The molecule has 0 heterocycles. The lowest BCUT2D eigenvalue weighted by Gasteiger charge is -2.25. The first kappa shape index (κ1) is 47.9. The maximum atomic E-state index is 2.60. The van der Waals surface area contributed by atoms with Gasteiger partial charge in [0.2, 0.25) is 0 Å². The number of rotatable bonds is 5. The Morgan fingerprint density at radius 3 is 1.06 bits per heavy atom. The van der Waals surface area contributed by atoms with E-state index in [1.165, 1.54) is 196 Å². The lowest BCUT2D eigenvalue weighted by Crippen LogP contribution is -2.12. The fraction of sp³-hybridized carbons (Fsp3) is 0.171. The summed E-state index contributed by atoms with van der Waals surface area (Å²) in [6.45, 7) is 23.5. The van der Waals surface area contributed by atoms with E-state index in [9.17, 15) is 0 Å². The Morgan fingerprint density at radius 2 is 0.610 bits per heavy atom. The molecule has 0 bridgehead atoms. The van der Waals surface area contributed by atoms with E-state index < -0.39 is 0 Å². The summed E-state index contributed by atoms with van der Waals surface area (Å²) in [5.74, 6) is 0.814. The Bertz CT molecular complexity index is 5250. The van der Waals surface area contributed by atoms with Crippen LogP contribution in [-0.4, -0.2) is 0 Å². The van der Waals surface area contributed by atoms with Gasteiger partial charge in [0.1, 0.15) is 0 Å². The highest BCUT2D eigenvalue weighted by Gasteiger charge is 2.30. The molecule has 0 nitrogen and oxygen atoms in total. The second-order valence-corrected chi connectivity index (χ2v) is 27.0. The molecule has 392 valence electrons. The van der Waals surface area contributed by atoms with Crippen molar-refractivity contribution >= 4 is 140 Å². The van der Waals surface area contributed by atoms with E-state index in [4.69, 9.17) is 0 Å². The SMILES string of the molecule is CC(C)c1cccc(C(C)C)c1-c1ccc2c3ccc4c5cc6c(-c7ccccc7)c7c8ccc9c%10cc(C(C)(C)C)cc%11cc(C(C)(C)C)cc(c%12ccc(c7c(-c7ccccc7)c6cc5c5ccc(c6cccc1c62)c3c54)c8c%129)c%11%10. The molecule has 0 aliphatic heterocycles. The maximum Gasteiger partial charge on any atom is -0.000740 e. The quantitative estimate of drug-likeness (QED) is 0.119. The number of hydrogen-bond donors (Lipinski definition) is 0. The first-order valence-corrected chi connectivity index (χ1v) is 30.0. The fourth-order valence-electron chi connectivity index (χ4n) is 15.8. The molecule has 0 saturated heterocycles. The lowest BCUT2D eigenvalue weighted by atomic mass is 9.79. The molecule has 17 aromatic rings. The van der Waals surface area contributed by atoms with E-state index >= 15 is 0 Å². The van der Waals surface area contributed by atoms with Crippen molar-refractivity contribution in [3.8, 4) is 33.4 Å². The third kappa shape index (κ3) is 6.28. The van der Waals surface area contributed by atoms with Crippen molar-refractivity contribution in [2.24, 2.45) is 0 Å². The van der Waals surface area contributed by atoms with Gasteiger partial charge in [-0.3, -0.25) is 0 Å². The third-order valence-corrected chi connectivity index (χ3v) is 19.6. The van der Waals surface area contributed by atoms with Crippen molar-refractivity contribution in [2.75, 3.05) is 0 Å². The molecular weight excluding hydrogens is 985 g/mol. The molecule has 0 heteroatoms. The van der Waals surface area contributed by atoms with Crippen molar-refractivity contribution in [2.45, 2.75) is 91.9 Å². The van der Waals surface area contributed by atoms with Gasteiger partial charge in [-0.25, -0.2) is 0 Å². The summed E-state index contributed by atoms with van der Waals surface area (Å²) in [6, 6.07) is 76.6. The number of hydrogen-bond acceptors (Lipinski definition) is 0. The minimum atomic E-state index is -0.0148. The predicted molar refractivity (Wildman–Crippen MR) is 361 cm³/mol. The van der Waals surface area contributed by atoms with Gasteiger partial charge in [-0.1, -0.05) is 239 Å². The molecule has 17 aromatic carbocycles. The predicted octanol–water partition coefficient (Wildman–Crippen LogP) is 24.3. The highest BCUT2D eigenvalue weighted by molar-refractivity contribution is 6.48. The molecular formula is C82H64. The highest BCUT2D eigenvalue weighted by atomic mass is 14.3. The van der Waals surface area contributed by atoms with E-state index in [2.05, 4.69) is 263 Å². The highest BCUT2D eigenvalue weighted by Crippen LogP contribution is 2.57. The largest absolute Gasteiger partial charge is 0.0622 e. The summed E-state index contributed by atoms with van der Waals surface area (Å²) in [5.41, 5.74) is 13.4. The van der Waals surface area contributed by atoms with Crippen LogP contribution in [0.4, 0.5) is 0 Å². The van der Waals surface area contributed by atoms with Gasteiger partial charge in [0.25, 0.3) is 0 Å². The third-order valence-electron chi connectivity index (χ3n) is 19.6. The Hall–Kier alpha value is -8.84. The molecule has 0 aromatic heterocycles. The van der Waals surface area contributed by atoms with Crippen LogP contribution in [0.5, 0.6) is 0 Å². The van der Waals surface area contributed by atoms with E-state index in [1.807, 2.05) is 0 Å². The van der Waals surface area contributed by atoms with Crippen LogP contribution in [-0.2, 0) is 10.8 Å². The topological polar surface area (TPSA) is 0 Å². The number of fused-ring (bicyclic) bond motifs is 11. The van der Waals surface area contributed by atoms with Crippen LogP contribution >= 0.6 is 0 Å². The van der Waals surface area contributed by atoms with Gasteiger partial charge >= 0.3 is 0 Å². The molecule has 0 atom stereocenters. The lowest BCUT2D eigenvalue weighted by molar-refractivity contribution is 0.590. The molecule has 0 spiro atoms. The molecule has 0 radical (unpaired) electrons. The van der Waals surface area contributed by atoms with Crippen LogP contribution in [0, 0.1) is 0 Å². The molecule has 0 fully saturated rings. The van der Waals surface area contributed by atoms with Gasteiger partial charge in [-0.15, -0.1) is 0 Å². The van der Waals surface area contributed by atoms with Gasteiger partial charge in [0.05, 0.1) is 0 Å². The zero-order valence-electron chi connectivity index (χ0n) is 48.6. The van der Waals surface area contributed by atoms with E-state index in [0.717, 1.165) is 0 Å². The zero-order valence-corrected chi connectivity index (χ0v) is 48.6. The standard InChI is InChI=1S/C82H64/c1-43(2)50-23-17-24-51(44(3)4)73(50)54-27-28-55-57-30-32-59-65-42-69-68(41-64(65)58-31-29-56(75(57)76(58)59)53-26-18-25-52(54)74(53)55)71(45-19-13-11-14-20-45)79-62-35-33-60-66-39-48(81(5,6)7)37-47-38-49(82(8,9)10)40-67(70(47)66)61-34-36-63(78(62)77(60)61)80(79)72(69)46-21-15-12-16-22-46/h11-44H,1-10H3. The number of benzene rings is 15. The smallest absolute Gasteiger partial charge is 0.000740 e. The monoisotopic (exact) mass is 1050 g/mol. The van der Waals surface area contributed by atoms with Crippen molar-refractivity contribution in [1.29, 1.82) is 0 Å². The Labute approximate surface area is 478 Å². The Morgan fingerprint density at radius 1 is 0.244 bits per heavy atom. The summed E-state index contributed by atoms with van der Waals surface area (Å²) in [6.07, 6.45) is 0. The fourth-order valence-corrected chi connectivity index (χ4v) is 15.8. The van der Waals surface area contributed by atoms with Gasteiger partial charge < -0.3 is 0 Å². The Balaban J connectivity index is 1.01. The van der Waals surface area contributed by atoms with E-state index in [0.29, 0.717) is 11.8 Å². The molecule has 82 heavy (non-hydrogen) atoms. The molecule has 0 N–H and O–H groups in total. The summed E-state index contributed by atoms with van der Waals surface area (Å²) in [4.78, 5) is 0. The van der Waals surface area contributed by atoms with Crippen LogP contribution in [0.3, 0.4) is 0 Å². The molecule has 0 aliphatic carbocycles. The van der Waals surface area contributed by atoms with Crippen LogP contribution in [0.2, 0.25) is 0 Å². The minimum absolute atomic E-state index is 0.0148. The van der Waals surface area contributed by atoms with Gasteiger partial charge in [-0.05, 0) is 243 Å². The van der Waals surface area contributed by atoms with Crippen LogP contribution in [0.25, 0.3) is 173 Å². The average Bonchev–Trinajstić information content (AvgIpc) is 1.81. The summed E-state index contributed by atoms with van der Waals surface area (Å²) in [7, 11) is 0. The van der Waals surface area contributed by atoms with Crippen molar-refractivity contribution in [3.63, 3.8) is 0 Å². The van der Waals surface area contributed by atoms with Crippen LogP contribution in [0.15, 0.2) is 194 Å². The van der Waals surface area contributed by atoms with Gasteiger partial charge in [-0.2, -0.15) is 0 Å². The Kier molecular flexibility index (Phi) is 9.60. The zero-order chi connectivity index (χ0) is 55.6. The first-order chi connectivity index (χ1) is 39.6. The van der Waals surface area contributed by atoms with Crippen molar-refractivity contribution in [3.05, 3.63) is 216 Å². The molecule has 0 saturated carbocycles. The molecule has 0 unspecified atom stereocenters. The molecule has 17 rings (SSSR count). The average molecular weight is 1050 g/mol. The summed E-state index contributed by atoms with van der Waals surface area (Å²) >= 11 is 0. The van der Waals surface area contributed by atoms with E-state index in [-0.39, 0.29) is 10.8 Å². The van der Waals surface area contributed by atoms with Crippen LogP contribution < -0.4 is 0 Å². The molecule has 0 aliphatic rings. The van der Waals surface area contributed by atoms with E-state index in [1.54, 1.807) is 0 Å². The normalized spacial score (nSPS) is 13.2. The van der Waals surface area contributed by atoms with Crippen molar-refractivity contribution in [1.82, 2.24) is 0 Å². The van der Waals surface area contributed by atoms with Gasteiger partial charge in [0.15, 0.2) is 0 Å². The summed E-state index contributed by atoms with van der Waals surface area (Å²) < 4.78 is 0. The van der Waals surface area contributed by atoms with Gasteiger partial charge in [0, 0.05) is 0 Å².